The summed E-state index contributed by atoms with van der Waals surface area (Å²) in [6.07, 6.45) is 2.48. The summed E-state index contributed by atoms with van der Waals surface area (Å²) in [6.45, 7) is 0. The minimum Gasteiger partial charge on any atom is -0.871 e. The van der Waals surface area contributed by atoms with Gasteiger partial charge in [0, 0.05) is 19.8 Å². The molecule has 1 aliphatic rings. The number of nitrogens with one attached hydrogen (secondary N) is 1. The molecule has 1 aliphatic carbocycles. The molecule has 1 N–H and O–H groups in total. The van der Waals surface area contributed by atoms with Gasteiger partial charge in [0.2, 0.25) is 5.78 Å². The van der Waals surface area contributed by atoms with Gasteiger partial charge in [0.05, 0.1) is 0 Å². The Morgan fingerprint density at radius 1 is 1.50 bits per heavy atom. The van der Waals surface area contributed by atoms with Crippen molar-refractivity contribution >= 4 is 11.5 Å². The van der Waals surface area contributed by atoms with Crippen molar-refractivity contribution in [2.75, 3.05) is 14.1 Å². The van der Waals surface area contributed by atoms with E-state index in [-0.39, 0.29) is 11.5 Å². The second-order valence-corrected chi connectivity index (χ2v) is 2.29. The molecule has 0 bridgehead atoms. The van der Waals surface area contributed by atoms with Gasteiger partial charge < -0.3 is 10.4 Å². The summed E-state index contributed by atoms with van der Waals surface area (Å²) < 4.78 is 0. The lowest BCUT2D eigenvalue weighted by atomic mass is 10.1. The van der Waals surface area contributed by atoms with Gasteiger partial charge in [0.1, 0.15) is 5.71 Å². The molecule has 0 unspecified atom stereocenters. The molecule has 0 spiro atoms. The number of carbonyl (C=O) groups excluding carboxylic acids is 1. The predicted octanol–water partition coefficient (Wildman–Crippen LogP) is -1.01. The number of carbonyl (C=O) groups is 1. The van der Waals surface area contributed by atoms with E-state index in [1.54, 1.807) is 7.05 Å². The fourth-order valence-electron chi connectivity index (χ4n) is 0.920. The van der Waals surface area contributed by atoms with Gasteiger partial charge in [-0.3, -0.25) is 9.79 Å². The van der Waals surface area contributed by atoms with Crippen LogP contribution in [-0.4, -0.2) is 25.6 Å². The highest BCUT2D eigenvalue weighted by atomic mass is 16.3. The molecular formula is C8H9N2O2-. The van der Waals surface area contributed by atoms with Crippen molar-refractivity contribution in [1.82, 2.24) is 5.32 Å². The van der Waals surface area contributed by atoms with Crippen LogP contribution in [0.2, 0.25) is 0 Å². The molecule has 0 radical (unpaired) electrons. The molecule has 12 heavy (non-hydrogen) atoms. The second-order valence-electron chi connectivity index (χ2n) is 2.29. The van der Waals surface area contributed by atoms with Gasteiger partial charge >= 0.3 is 0 Å². The van der Waals surface area contributed by atoms with Crippen molar-refractivity contribution in [3.05, 3.63) is 23.6 Å². The number of ketones is 1. The van der Waals surface area contributed by atoms with Crippen LogP contribution in [0, 0.1) is 0 Å². The van der Waals surface area contributed by atoms with Crippen molar-refractivity contribution in [1.29, 1.82) is 0 Å². The van der Waals surface area contributed by atoms with Gasteiger partial charge in [-0.15, -0.1) is 0 Å². The zero-order chi connectivity index (χ0) is 9.14. The van der Waals surface area contributed by atoms with E-state index >= 15 is 0 Å². The first-order valence-corrected chi connectivity index (χ1v) is 3.48. The average molecular weight is 165 g/mol. The lowest BCUT2D eigenvalue weighted by Crippen LogP contribution is -2.26. The highest BCUT2D eigenvalue weighted by Gasteiger charge is 2.11. The van der Waals surface area contributed by atoms with E-state index in [1.165, 1.54) is 13.1 Å². The first-order valence-electron chi connectivity index (χ1n) is 3.48. The third kappa shape index (κ3) is 1.37. The minimum absolute atomic E-state index is 0.296. The van der Waals surface area contributed by atoms with Crippen molar-refractivity contribution in [3.63, 3.8) is 0 Å². The molecule has 0 saturated carbocycles. The van der Waals surface area contributed by atoms with Crippen LogP contribution in [0.4, 0.5) is 0 Å². The standard InChI is InChI=1S/C8H10N2O2/c1-9-5-3-6(10-2)8(12)4-7(5)11/h3-4,9,11H,1-2H3/p-1. The number of rotatable bonds is 1. The summed E-state index contributed by atoms with van der Waals surface area (Å²) in [5, 5.41) is 13.7. The van der Waals surface area contributed by atoms with Crippen LogP contribution in [0.25, 0.3) is 0 Å². The van der Waals surface area contributed by atoms with E-state index in [0.29, 0.717) is 11.4 Å². The van der Waals surface area contributed by atoms with Crippen LogP contribution in [0.5, 0.6) is 0 Å². The molecule has 64 valence electrons. The summed E-state index contributed by atoms with van der Waals surface area (Å²) in [5.74, 6) is -0.628. The van der Waals surface area contributed by atoms with Crippen LogP contribution >= 0.6 is 0 Å². The summed E-state index contributed by atoms with van der Waals surface area (Å²) in [6, 6.07) is 0. The Bertz CT molecular complexity index is 300. The van der Waals surface area contributed by atoms with Gasteiger partial charge in [-0.2, -0.15) is 0 Å². The molecule has 0 aliphatic heterocycles. The largest absolute Gasteiger partial charge is 0.871 e. The van der Waals surface area contributed by atoms with Crippen LogP contribution in [0.15, 0.2) is 28.6 Å². The van der Waals surface area contributed by atoms with Gasteiger partial charge in [-0.25, -0.2) is 0 Å². The van der Waals surface area contributed by atoms with Gasteiger partial charge in [0.15, 0.2) is 0 Å². The fourth-order valence-corrected chi connectivity index (χ4v) is 0.920. The zero-order valence-electron chi connectivity index (χ0n) is 6.92. The molecule has 0 fully saturated rings. The van der Waals surface area contributed by atoms with Crippen LogP contribution in [0.1, 0.15) is 0 Å². The Morgan fingerprint density at radius 2 is 2.17 bits per heavy atom. The monoisotopic (exact) mass is 165 g/mol. The molecule has 0 atom stereocenters. The molecule has 1 rings (SSSR count). The van der Waals surface area contributed by atoms with Crippen LogP contribution < -0.4 is 10.4 Å². The Kier molecular flexibility index (Phi) is 2.28. The maximum absolute atomic E-state index is 11.0. The third-order valence-electron chi connectivity index (χ3n) is 1.57. The van der Waals surface area contributed by atoms with E-state index < -0.39 is 0 Å². The average Bonchev–Trinajstić information content (AvgIpc) is 2.05. The molecule has 0 amide bonds. The van der Waals surface area contributed by atoms with Gasteiger partial charge in [-0.05, 0) is 12.2 Å². The Morgan fingerprint density at radius 3 is 2.67 bits per heavy atom. The molecule has 0 heterocycles. The summed E-state index contributed by atoms with van der Waals surface area (Å²) in [4.78, 5) is 14.7. The molecule has 0 aromatic heterocycles. The van der Waals surface area contributed by atoms with Crippen molar-refractivity contribution in [2.45, 2.75) is 0 Å². The van der Waals surface area contributed by atoms with E-state index in [2.05, 4.69) is 10.3 Å². The summed E-state index contributed by atoms with van der Waals surface area (Å²) in [5.41, 5.74) is 0.703. The van der Waals surface area contributed by atoms with Crippen LogP contribution in [-0.2, 0) is 4.79 Å². The SMILES string of the molecule is CN=C1C=C(NC)C([O-])=CC1=O. The molecular weight excluding hydrogens is 156 g/mol. The molecule has 0 aromatic carbocycles. The van der Waals surface area contributed by atoms with Gasteiger partial charge in [-0.1, -0.05) is 5.76 Å². The zero-order valence-corrected chi connectivity index (χ0v) is 6.92. The second kappa shape index (κ2) is 3.21. The van der Waals surface area contributed by atoms with Crippen molar-refractivity contribution in [3.8, 4) is 0 Å². The highest BCUT2D eigenvalue weighted by Crippen LogP contribution is 2.06. The number of hydrogen-bond acceptors (Lipinski definition) is 4. The highest BCUT2D eigenvalue weighted by molar-refractivity contribution is 6.49. The fraction of sp³-hybridized carbons (Fsp3) is 0.250. The topological polar surface area (TPSA) is 64.5 Å². The number of hydrogen-bond donors (Lipinski definition) is 1. The number of allylic oxidation sites excluding steroid dienone is 2. The predicted molar refractivity (Wildman–Crippen MR) is 43.6 cm³/mol. The van der Waals surface area contributed by atoms with Crippen molar-refractivity contribution in [2.24, 2.45) is 4.99 Å². The Labute approximate surface area is 70.3 Å². The minimum atomic E-state index is -0.332. The lowest BCUT2D eigenvalue weighted by Gasteiger charge is -2.19. The first-order chi connectivity index (χ1) is 5.69. The quantitative estimate of drug-likeness (QED) is 0.506. The number of aliphatic imine (C=N–C) groups is 1. The lowest BCUT2D eigenvalue weighted by molar-refractivity contribution is -0.298. The molecule has 0 saturated heterocycles. The summed E-state index contributed by atoms with van der Waals surface area (Å²) >= 11 is 0. The maximum Gasteiger partial charge on any atom is 0.203 e. The normalized spacial score (nSPS) is 20.5. The van der Waals surface area contributed by atoms with E-state index in [1.807, 2.05) is 0 Å². The maximum atomic E-state index is 11.0. The van der Waals surface area contributed by atoms with E-state index in [4.69, 9.17) is 0 Å². The van der Waals surface area contributed by atoms with E-state index in [9.17, 15) is 9.90 Å². The van der Waals surface area contributed by atoms with Crippen LogP contribution in [0.3, 0.4) is 0 Å². The number of nitrogens with zero attached hydrogens (tertiary/aromatic N) is 1. The Hall–Kier alpha value is -1.58. The van der Waals surface area contributed by atoms with Gasteiger partial charge in [0.25, 0.3) is 0 Å². The summed E-state index contributed by atoms with van der Waals surface area (Å²) in [7, 11) is 3.14. The molecule has 4 heteroatoms. The molecule has 0 aromatic rings. The smallest absolute Gasteiger partial charge is 0.203 e. The first kappa shape index (κ1) is 8.52. The molecule has 4 nitrogen and oxygen atoms in total. The third-order valence-corrected chi connectivity index (χ3v) is 1.57. The Balaban J connectivity index is 3.06. The van der Waals surface area contributed by atoms with E-state index in [0.717, 1.165) is 6.08 Å². The number of likely N-dealkylation sites (N-methyl/N-ethyl adjacent to an activating group) is 1. The van der Waals surface area contributed by atoms with Crippen molar-refractivity contribution < 1.29 is 9.90 Å².